The van der Waals surface area contributed by atoms with Gasteiger partial charge in [0.25, 0.3) is 5.56 Å². The van der Waals surface area contributed by atoms with Crippen LogP contribution in [0.15, 0.2) is 9.59 Å². The fraction of sp³-hybridized carbons (Fsp3) is 0.615. The van der Waals surface area contributed by atoms with Crippen LogP contribution in [-0.4, -0.2) is 28.0 Å². The van der Waals surface area contributed by atoms with E-state index in [1.165, 1.54) is 4.57 Å². The van der Waals surface area contributed by atoms with E-state index >= 15 is 0 Å². The number of H-pyrrole nitrogens is 1. The van der Waals surface area contributed by atoms with Crippen LogP contribution in [0.5, 0.6) is 0 Å². The molecule has 8 nitrogen and oxygen atoms in total. The van der Waals surface area contributed by atoms with Crippen molar-refractivity contribution in [2.24, 2.45) is 0 Å². The van der Waals surface area contributed by atoms with Gasteiger partial charge in [-0.3, -0.25) is 19.1 Å². The van der Waals surface area contributed by atoms with Crippen LogP contribution in [0.3, 0.4) is 0 Å². The molecule has 1 aromatic rings. The first kappa shape index (κ1) is 16.8. The Balaban J connectivity index is 2.71. The first-order valence-electron chi connectivity index (χ1n) is 7.06. The molecule has 0 radical (unpaired) electrons. The molecule has 1 rings (SSSR count). The minimum absolute atomic E-state index is 0.0774. The number of carbonyl (C=O) groups excluding carboxylic acids is 1. The number of nitrogens with zero attached hydrogens (tertiary/aromatic N) is 1. The number of aromatic amines is 1. The molecule has 118 valence electrons. The molecular weight excluding hydrogens is 274 g/mol. The zero-order valence-corrected chi connectivity index (χ0v) is 12.7. The number of amides is 1. The zero-order chi connectivity index (χ0) is 16.0. The maximum atomic E-state index is 11.7. The molecule has 0 aliphatic rings. The Kier molecular flexibility index (Phi) is 6.01. The molecule has 0 aromatic carbocycles. The highest BCUT2D eigenvalue weighted by Gasteiger charge is 2.11. The number of carbonyl (C=O) groups is 1. The SMILES string of the molecule is CCC(C)NC(=O)CCNc1c(N)n(CC)c(=O)[nH]c1=O. The smallest absolute Gasteiger partial charge is 0.330 e. The number of nitrogens with two attached hydrogens (primary N) is 1. The predicted octanol–water partition coefficient (Wildman–Crippen LogP) is -0.145. The number of anilines is 2. The predicted molar refractivity (Wildman–Crippen MR) is 82.4 cm³/mol. The minimum Gasteiger partial charge on any atom is -0.383 e. The van der Waals surface area contributed by atoms with Gasteiger partial charge >= 0.3 is 5.69 Å². The average Bonchev–Trinajstić information content (AvgIpc) is 2.42. The second kappa shape index (κ2) is 7.51. The fourth-order valence-electron chi connectivity index (χ4n) is 1.82. The highest BCUT2D eigenvalue weighted by molar-refractivity contribution is 5.77. The largest absolute Gasteiger partial charge is 0.383 e. The number of aromatic nitrogens is 2. The number of nitrogens with one attached hydrogen (secondary N) is 3. The van der Waals surface area contributed by atoms with Crippen LogP contribution in [-0.2, 0) is 11.3 Å². The molecular formula is C13H23N5O3. The lowest BCUT2D eigenvalue weighted by Crippen LogP contribution is -2.35. The molecule has 0 aliphatic heterocycles. The summed E-state index contributed by atoms with van der Waals surface area (Å²) < 4.78 is 1.25. The van der Waals surface area contributed by atoms with Gasteiger partial charge in [0.05, 0.1) is 0 Å². The average molecular weight is 297 g/mol. The third kappa shape index (κ3) is 4.37. The second-order valence-corrected chi connectivity index (χ2v) is 4.82. The van der Waals surface area contributed by atoms with E-state index < -0.39 is 11.2 Å². The summed E-state index contributed by atoms with van der Waals surface area (Å²) in [5.74, 6) is -0.0238. The van der Waals surface area contributed by atoms with Gasteiger partial charge in [0.2, 0.25) is 5.91 Å². The van der Waals surface area contributed by atoms with Gasteiger partial charge in [-0.25, -0.2) is 4.79 Å². The lowest BCUT2D eigenvalue weighted by molar-refractivity contribution is -0.121. The summed E-state index contributed by atoms with van der Waals surface area (Å²) in [6, 6.07) is 0.118. The van der Waals surface area contributed by atoms with Gasteiger partial charge in [0.15, 0.2) is 0 Å². The Hall–Kier alpha value is -2.25. The van der Waals surface area contributed by atoms with E-state index in [0.29, 0.717) is 6.54 Å². The Labute approximate surface area is 122 Å². The molecule has 1 heterocycles. The van der Waals surface area contributed by atoms with E-state index in [4.69, 9.17) is 5.73 Å². The van der Waals surface area contributed by atoms with Crippen LogP contribution >= 0.6 is 0 Å². The molecule has 1 unspecified atom stereocenters. The van der Waals surface area contributed by atoms with Gasteiger partial charge in [-0.15, -0.1) is 0 Å². The molecule has 1 atom stereocenters. The molecule has 0 spiro atoms. The van der Waals surface area contributed by atoms with Gasteiger partial charge < -0.3 is 16.4 Å². The van der Waals surface area contributed by atoms with Crippen molar-refractivity contribution in [3.05, 3.63) is 20.8 Å². The van der Waals surface area contributed by atoms with E-state index in [-0.39, 0.29) is 36.4 Å². The molecule has 0 saturated heterocycles. The summed E-state index contributed by atoms with van der Waals surface area (Å²) in [5, 5.41) is 5.64. The van der Waals surface area contributed by atoms with E-state index in [0.717, 1.165) is 6.42 Å². The third-order valence-electron chi connectivity index (χ3n) is 3.23. The standard InChI is InChI=1S/C13H23N5O3/c1-4-8(3)16-9(19)6-7-15-10-11(14)18(5-2)13(21)17-12(10)20/h8,15H,4-7,14H2,1-3H3,(H,16,19)(H,17,20,21). The monoisotopic (exact) mass is 297 g/mol. The van der Waals surface area contributed by atoms with Gasteiger partial charge in [-0.05, 0) is 20.3 Å². The highest BCUT2D eigenvalue weighted by atomic mass is 16.2. The molecule has 5 N–H and O–H groups in total. The van der Waals surface area contributed by atoms with Crippen LogP contribution in [0.25, 0.3) is 0 Å². The number of nitrogen functional groups attached to an aromatic ring is 1. The summed E-state index contributed by atoms with van der Waals surface area (Å²) in [5.41, 5.74) is 4.79. The number of rotatable bonds is 7. The Bertz CT molecular complexity index is 605. The molecule has 1 amide bonds. The lowest BCUT2D eigenvalue weighted by atomic mass is 10.2. The molecule has 0 bridgehead atoms. The van der Waals surface area contributed by atoms with E-state index in [9.17, 15) is 14.4 Å². The Morgan fingerprint density at radius 2 is 2.05 bits per heavy atom. The summed E-state index contributed by atoms with van der Waals surface area (Å²) in [4.78, 5) is 37.0. The van der Waals surface area contributed by atoms with E-state index in [2.05, 4.69) is 15.6 Å². The quantitative estimate of drug-likeness (QED) is 0.558. The van der Waals surface area contributed by atoms with Crippen molar-refractivity contribution < 1.29 is 4.79 Å². The topological polar surface area (TPSA) is 122 Å². The Morgan fingerprint density at radius 1 is 1.38 bits per heavy atom. The van der Waals surface area contributed by atoms with Gasteiger partial charge in [-0.2, -0.15) is 0 Å². The van der Waals surface area contributed by atoms with Gasteiger partial charge in [0.1, 0.15) is 11.5 Å². The summed E-state index contributed by atoms with van der Waals surface area (Å²) in [7, 11) is 0. The van der Waals surface area contributed by atoms with Crippen molar-refractivity contribution in [2.45, 2.75) is 46.2 Å². The third-order valence-corrected chi connectivity index (χ3v) is 3.23. The van der Waals surface area contributed by atoms with E-state index in [1.807, 2.05) is 13.8 Å². The van der Waals surface area contributed by atoms with Crippen molar-refractivity contribution >= 4 is 17.4 Å². The summed E-state index contributed by atoms with van der Waals surface area (Å²) in [6.07, 6.45) is 1.07. The van der Waals surface area contributed by atoms with Crippen LogP contribution in [0.1, 0.15) is 33.6 Å². The maximum Gasteiger partial charge on any atom is 0.330 e. The maximum absolute atomic E-state index is 11.7. The first-order chi connectivity index (χ1) is 9.90. The molecule has 1 aromatic heterocycles. The van der Waals surface area contributed by atoms with Crippen LogP contribution in [0, 0.1) is 0 Å². The lowest BCUT2D eigenvalue weighted by Gasteiger charge is -2.13. The zero-order valence-electron chi connectivity index (χ0n) is 12.7. The van der Waals surface area contributed by atoms with Crippen molar-refractivity contribution in [3.63, 3.8) is 0 Å². The molecule has 21 heavy (non-hydrogen) atoms. The molecule has 0 fully saturated rings. The summed E-state index contributed by atoms with van der Waals surface area (Å²) in [6.45, 7) is 6.27. The van der Waals surface area contributed by atoms with Gasteiger partial charge in [0, 0.05) is 25.6 Å². The van der Waals surface area contributed by atoms with Crippen LogP contribution in [0.2, 0.25) is 0 Å². The normalized spacial score (nSPS) is 12.0. The highest BCUT2D eigenvalue weighted by Crippen LogP contribution is 2.09. The van der Waals surface area contributed by atoms with Crippen molar-refractivity contribution in [1.29, 1.82) is 0 Å². The second-order valence-electron chi connectivity index (χ2n) is 4.82. The fourth-order valence-corrected chi connectivity index (χ4v) is 1.82. The van der Waals surface area contributed by atoms with Crippen molar-refractivity contribution in [2.75, 3.05) is 17.6 Å². The molecule has 0 saturated carbocycles. The van der Waals surface area contributed by atoms with Crippen molar-refractivity contribution in [1.82, 2.24) is 14.9 Å². The summed E-state index contributed by atoms with van der Waals surface area (Å²) >= 11 is 0. The molecule has 8 heteroatoms. The van der Waals surface area contributed by atoms with Gasteiger partial charge in [-0.1, -0.05) is 6.92 Å². The number of hydrogen-bond donors (Lipinski definition) is 4. The van der Waals surface area contributed by atoms with Crippen molar-refractivity contribution in [3.8, 4) is 0 Å². The van der Waals surface area contributed by atoms with Crippen LogP contribution in [0.4, 0.5) is 11.5 Å². The van der Waals surface area contributed by atoms with Crippen LogP contribution < -0.4 is 27.6 Å². The minimum atomic E-state index is -0.579. The van der Waals surface area contributed by atoms with E-state index in [1.54, 1.807) is 6.92 Å². The first-order valence-corrected chi connectivity index (χ1v) is 7.06. The molecule has 0 aliphatic carbocycles. The number of hydrogen-bond acceptors (Lipinski definition) is 5. The Morgan fingerprint density at radius 3 is 2.62 bits per heavy atom.